The molecule has 1 unspecified atom stereocenters. The number of methoxy groups -OCH3 is 1. The van der Waals surface area contributed by atoms with Crippen LogP contribution < -0.4 is 15.6 Å². The van der Waals surface area contributed by atoms with Crippen molar-refractivity contribution in [2.75, 3.05) is 12.4 Å². The first-order valence-electron chi connectivity index (χ1n) is 9.86. The van der Waals surface area contributed by atoms with Gasteiger partial charge in [-0.05, 0) is 49.4 Å². The first kappa shape index (κ1) is 21.9. The van der Waals surface area contributed by atoms with Crippen LogP contribution in [-0.2, 0) is 4.79 Å². The SMILES string of the molecule is COc1ccccc1-n1c(SC(C)C(=O)Nc2ccccc2)nc2cc(Cl)ccc2c1=O. The van der Waals surface area contributed by atoms with E-state index in [2.05, 4.69) is 10.3 Å². The van der Waals surface area contributed by atoms with E-state index < -0.39 is 5.25 Å². The second-order valence-corrected chi connectivity index (χ2v) is 8.73. The highest BCUT2D eigenvalue weighted by Gasteiger charge is 2.22. The lowest BCUT2D eigenvalue weighted by Gasteiger charge is -2.18. The summed E-state index contributed by atoms with van der Waals surface area (Å²) in [7, 11) is 1.54. The topological polar surface area (TPSA) is 73.2 Å². The lowest BCUT2D eigenvalue weighted by Crippen LogP contribution is -2.26. The van der Waals surface area contributed by atoms with Gasteiger partial charge in [-0.1, -0.05) is 53.7 Å². The summed E-state index contributed by atoms with van der Waals surface area (Å²) < 4.78 is 6.95. The summed E-state index contributed by atoms with van der Waals surface area (Å²) in [6.45, 7) is 1.77. The van der Waals surface area contributed by atoms with Crippen LogP contribution in [0, 0.1) is 0 Å². The molecule has 32 heavy (non-hydrogen) atoms. The number of benzene rings is 3. The third-order valence-corrected chi connectivity index (χ3v) is 6.11. The number of thioether (sulfide) groups is 1. The van der Waals surface area contributed by atoms with E-state index in [0.29, 0.717) is 38.2 Å². The third-order valence-electron chi connectivity index (χ3n) is 4.82. The first-order valence-corrected chi connectivity index (χ1v) is 11.1. The number of hydrogen-bond donors (Lipinski definition) is 1. The van der Waals surface area contributed by atoms with Crippen LogP contribution in [0.4, 0.5) is 5.69 Å². The number of ether oxygens (including phenoxy) is 1. The molecular formula is C24H20ClN3O3S. The summed E-state index contributed by atoms with van der Waals surface area (Å²) in [5.41, 5.74) is 1.44. The Labute approximate surface area is 194 Å². The van der Waals surface area contributed by atoms with Gasteiger partial charge in [-0.3, -0.25) is 14.2 Å². The van der Waals surface area contributed by atoms with Gasteiger partial charge in [0, 0.05) is 10.7 Å². The number of rotatable bonds is 6. The molecule has 0 fully saturated rings. The number of anilines is 1. The Kier molecular flexibility index (Phi) is 6.48. The number of amides is 1. The molecule has 8 heteroatoms. The van der Waals surface area contributed by atoms with Gasteiger partial charge in [0.05, 0.1) is 29.0 Å². The standard InChI is InChI=1S/C24H20ClN3O3S/c1-15(22(29)26-17-8-4-3-5-9-17)32-24-27-19-14-16(25)12-13-18(19)23(30)28(24)20-10-6-7-11-21(20)31-2/h3-15H,1-2H3,(H,26,29). The van der Waals surface area contributed by atoms with E-state index in [9.17, 15) is 9.59 Å². The molecule has 0 bridgehead atoms. The van der Waals surface area contributed by atoms with E-state index in [-0.39, 0.29) is 11.5 Å². The molecule has 1 heterocycles. The number of fused-ring (bicyclic) bond motifs is 1. The van der Waals surface area contributed by atoms with Crippen molar-refractivity contribution < 1.29 is 9.53 Å². The normalized spacial score (nSPS) is 11.8. The minimum atomic E-state index is -0.528. The number of nitrogens with one attached hydrogen (secondary N) is 1. The second kappa shape index (κ2) is 9.46. The number of halogens is 1. The van der Waals surface area contributed by atoms with Crippen molar-refractivity contribution in [1.29, 1.82) is 0 Å². The molecular weight excluding hydrogens is 446 g/mol. The number of carbonyl (C=O) groups is 1. The number of aromatic nitrogens is 2. The van der Waals surface area contributed by atoms with Gasteiger partial charge in [-0.25, -0.2) is 4.98 Å². The summed E-state index contributed by atoms with van der Waals surface area (Å²) in [6, 6.07) is 21.3. The maximum Gasteiger partial charge on any atom is 0.266 e. The van der Waals surface area contributed by atoms with Crippen molar-refractivity contribution >= 4 is 45.9 Å². The number of para-hydroxylation sites is 3. The van der Waals surface area contributed by atoms with Crippen molar-refractivity contribution in [2.45, 2.75) is 17.3 Å². The average Bonchev–Trinajstić information content (AvgIpc) is 2.79. The molecule has 1 amide bonds. The second-order valence-electron chi connectivity index (χ2n) is 6.98. The van der Waals surface area contributed by atoms with E-state index in [0.717, 1.165) is 0 Å². The molecule has 0 radical (unpaired) electrons. The lowest BCUT2D eigenvalue weighted by atomic mass is 10.2. The highest BCUT2D eigenvalue weighted by molar-refractivity contribution is 8.00. The van der Waals surface area contributed by atoms with E-state index >= 15 is 0 Å². The molecule has 4 aromatic rings. The van der Waals surface area contributed by atoms with Crippen LogP contribution in [0.2, 0.25) is 5.02 Å². The number of hydrogen-bond acceptors (Lipinski definition) is 5. The summed E-state index contributed by atoms with van der Waals surface area (Å²) in [6.07, 6.45) is 0. The molecule has 0 saturated heterocycles. The van der Waals surface area contributed by atoms with E-state index in [1.54, 1.807) is 44.4 Å². The molecule has 0 spiro atoms. The lowest BCUT2D eigenvalue weighted by molar-refractivity contribution is -0.115. The fourth-order valence-electron chi connectivity index (χ4n) is 3.22. The van der Waals surface area contributed by atoms with Crippen molar-refractivity contribution in [3.8, 4) is 11.4 Å². The largest absolute Gasteiger partial charge is 0.495 e. The highest BCUT2D eigenvalue weighted by atomic mass is 35.5. The number of nitrogens with zero attached hydrogens (tertiary/aromatic N) is 2. The fraction of sp³-hybridized carbons (Fsp3) is 0.125. The molecule has 1 atom stereocenters. The van der Waals surface area contributed by atoms with E-state index in [1.807, 2.05) is 42.5 Å². The molecule has 162 valence electrons. The van der Waals surface area contributed by atoms with Crippen LogP contribution in [0.5, 0.6) is 5.75 Å². The smallest absolute Gasteiger partial charge is 0.266 e. The van der Waals surface area contributed by atoms with E-state index in [1.165, 1.54) is 16.3 Å². The average molecular weight is 466 g/mol. The van der Waals surface area contributed by atoms with Crippen molar-refractivity contribution in [1.82, 2.24) is 9.55 Å². The molecule has 0 aliphatic heterocycles. The van der Waals surface area contributed by atoms with Crippen molar-refractivity contribution in [3.63, 3.8) is 0 Å². The summed E-state index contributed by atoms with van der Waals surface area (Å²) in [4.78, 5) is 31.0. The Balaban J connectivity index is 1.80. The van der Waals surface area contributed by atoms with Gasteiger partial charge in [-0.15, -0.1) is 0 Å². The highest BCUT2D eigenvalue weighted by Crippen LogP contribution is 2.30. The zero-order valence-corrected chi connectivity index (χ0v) is 19.0. The number of carbonyl (C=O) groups excluding carboxylic acids is 1. The Bertz CT molecular complexity index is 1340. The molecule has 1 aromatic heterocycles. The van der Waals surface area contributed by atoms with Gasteiger partial charge in [0.25, 0.3) is 5.56 Å². The summed E-state index contributed by atoms with van der Waals surface area (Å²) in [5.74, 6) is 0.321. The van der Waals surface area contributed by atoms with Crippen LogP contribution in [0.1, 0.15) is 6.92 Å². The van der Waals surface area contributed by atoms with Crippen LogP contribution in [-0.4, -0.2) is 27.8 Å². The molecule has 6 nitrogen and oxygen atoms in total. The Hall–Kier alpha value is -3.29. The van der Waals surface area contributed by atoms with Gasteiger partial charge < -0.3 is 10.1 Å². The summed E-state index contributed by atoms with van der Waals surface area (Å²) >= 11 is 7.32. The van der Waals surface area contributed by atoms with Crippen LogP contribution in [0.3, 0.4) is 0 Å². The zero-order chi connectivity index (χ0) is 22.7. The summed E-state index contributed by atoms with van der Waals surface area (Å²) in [5, 5.41) is 3.62. The molecule has 1 N–H and O–H groups in total. The Morgan fingerprint density at radius 3 is 2.56 bits per heavy atom. The van der Waals surface area contributed by atoms with Crippen molar-refractivity contribution in [2.24, 2.45) is 0 Å². The maximum absolute atomic E-state index is 13.5. The van der Waals surface area contributed by atoms with Gasteiger partial charge in [0.15, 0.2) is 5.16 Å². The predicted octanol–water partition coefficient (Wildman–Crippen LogP) is 5.17. The molecule has 4 rings (SSSR count). The molecule has 0 saturated carbocycles. The first-order chi connectivity index (χ1) is 15.5. The minimum absolute atomic E-state index is 0.201. The van der Waals surface area contributed by atoms with E-state index in [4.69, 9.17) is 16.3 Å². The monoisotopic (exact) mass is 465 g/mol. The molecule has 0 aliphatic rings. The Morgan fingerprint density at radius 2 is 1.81 bits per heavy atom. The van der Waals surface area contributed by atoms with Crippen LogP contribution in [0.25, 0.3) is 16.6 Å². The predicted molar refractivity (Wildman–Crippen MR) is 129 cm³/mol. The maximum atomic E-state index is 13.5. The van der Waals surface area contributed by atoms with Gasteiger partial charge >= 0.3 is 0 Å². The third kappa shape index (κ3) is 4.49. The van der Waals surface area contributed by atoms with Gasteiger partial charge in [0.1, 0.15) is 5.75 Å². The zero-order valence-electron chi connectivity index (χ0n) is 17.4. The fourth-order valence-corrected chi connectivity index (χ4v) is 4.31. The van der Waals surface area contributed by atoms with Crippen LogP contribution >= 0.6 is 23.4 Å². The molecule has 3 aromatic carbocycles. The van der Waals surface area contributed by atoms with Gasteiger partial charge in [0.2, 0.25) is 5.91 Å². The van der Waals surface area contributed by atoms with Crippen molar-refractivity contribution in [3.05, 3.63) is 88.2 Å². The minimum Gasteiger partial charge on any atom is -0.495 e. The Morgan fingerprint density at radius 1 is 1.09 bits per heavy atom. The van der Waals surface area contributed by atoms with Gasteiger partial charge in [-0.2, -0.15) is 0 Å². The van der Waals surface area contributed by atoms with Crippen LogP contribution in [0.15, 0.2) is 82.7 Å². The quantitative estimate of drug-likeness (QED) is 0.314. The molecule has 0 aliphatic carbocycles.